The quantitative estimate of drug-likeness (QED) is 0.547. The molecule has 0 radical (unpaired) electrons. The lowest BCUT2D eigenvalue weighted by atomic mass is 10.0. The zero-order valence-electron chi connectivity index (χ0n) is 18.8. The minimum Gasteiger partial charge on any atom is -0.494 e. The van der Waals surface area contributed by atoms with Gasteiger partial charge in [0.25, 0.3) is 0 Å². The molecule has 1 atom stereocenters. The van der Waals surface area contributed by atoms with Crippen LogP contribution in [0.1, 0.15) is 36.9 Å². The highest BCUT2D eigenvalue weighted by Crippen LogP contribution is 2.25. The maximum atomic E-state index is 11.6. The zero-order chi connectivity index (χ0) is 22.4. The number of likely N-dealkylation sites (tertiary alicyclic amines) is 1. The van der Waals surface area contributed by atoms with Gasteiger partial charge in [0.2, 0.25) is 5.91 Å². The molecule has 8 nitrogen and oxygen atoms in total. The lowest BCUT2D eigenvalue weighted by Gasteiger charge is -2.24. The Morgan fingerprint density at radius 3 is 2.81 bits per heavy atom. The highest BCUT2D eigenvalue weighted by Gasteiger charge is 2.36. The highest BCUT2D eigenvalue weighted by atomic mass is 16.5. The monoisotopic (exact) mass is 439 g/mol. The molecular weight excluding hydrogens is 406 g/mol. The zero-order valence-corrected chi connectivity index (χ0v) is 18.8. The summed E-state index contributed by atoms with van der Waals surface area (Å²) >= 11 is 0. The third-order valence-electron chi connectivity index (χ3n) is 6.16. The second kappa shape index (κ2) is 10.3. The summed E-state index contributed by atoms with van der Waals surface area (Å²) in [6, 6.07) is 9.99. The number of nitrogens with zero attached hydrogens (tertiary/aromatic N) is 4. The van der Waals surface area contributed by atoms with E-state index in [0.717, 1.165) is 55.3 Å². The van der Waals surface area contributed by atoms with E-state index < -0.39 is 5.60 Å². The first kappa shape index (κ1) is 22.5. The van der Waals surface area contributed by atoms with Crippen LogP contribution in [0.3, 0.4) is 0 Å². The van der Waals surface area contributed by atoms with Crippen molar-refractivity contribution >= 4 is 11.7 Å². The van der Waals surface area contributed by atoms with E-state index in [0.29, 0.717) is 39.1 Å². The molecule has 2 fully saturated rings. The maximum absolute atomic E-state index is 11.6. The van der Waals surface area contributed by atoms with E-state index in [-0.39, 0.29) is 5.91 Å². The SMILES string of the molecule is Cc1cc(N2CC[C@](O)(CNCc3ccc(OCCCN4CCCC4=O)cc3)C2)ncn1. The molecule has 8 heteroatoms. The molecule has 0 unspecified atom stereocenters. The van der Waals surface area contributed by atoms with Gasteiger partial charge in [0.15, 0.2) is 0 Å². The van der Waals surface area contributed by atoms with Crippen LogP contribution in [-0.2, 0) is 11.3 Å². The summed E-state index contributed by atoms with van der Waals surface area (Å²) in [6.45, 7) is 6.77. The Morgan fingerprint density at radius 1 is 1.22 bits per heavy atom. The second-order valence-electron chi connectivity index (χ2n) is 8.85. The number of β-amino-alcohol motifs (C(OH)–C–C–N with tert-alkyl or cyclic N) is 1. The van der Waals surface area contributed by atoms with Gasteiger partial charge in [-0.25, -0.2) is 9.97 Å². The first-order valence-electron chi connectivity index (χ1n) is 11.5. The van der Waals surface area contributed by atoms with Crippen LogP contribution in [0.4, 0.5) is 5.82 Å². The van der Waals surface area contributed by atoms with Gasteiger partial charge in [0, 0.05) is 57.4 Å². The standard InChI is InChI=1S/C24H33N5O3/c1-19-14-22(27-18-26-19)29-12-9-24(31,17-29)16-25-15-20-5-7-21(8-6-20)32-13-3-11-28-10-2-4-23(28)30/h5-8,14,18,25,31H,2-4,9-13,15-17H2,1H3/t24-/m0/s1. The van der Waals surface area contributed by atoms with Gasteiger partial charge in [-0.3, -0.25) is 4.79 Å². The first-order valence-corrected chi connectivity index (χ1v) is 11.5. The average molecular weight is 440 g/mol. The van der Waals surface area contributed by atoms with Gasteiger partial charge >= 0.3 is 0 Å². The molecule has 0 spiro atoms. The van der Waals surface area contributed by atoms with Gasteiger partial charge in [0.1, 0.15) is 17.9 Å². The molecule has 2 aliphatic rings. The normalized spacial score (nSPS) is 20.9. The number of anilines is 1. The number of hydrogen-bond acceptors (Lipinski definition) is 7. The molecule has 1 aromatic carbocycles. The van der Waals surface area contributed by atoms with E-state index in [1.54, 1.807) is 6.33 Å². The number of hydrogen-bond donors (Lipinski definition) is 2. The summed E-state index contributed by atoms with van der Waals surface area (Å²) in [5.41, 5.74) is 1.31. The predicted molar refractivity (Wildman–Crippen MR) is 123 cm³/mol. The Labute approximate surface area is 189 Å². The van der Waals surface area contributed by atoms with Gasteiger partial charge in [-0.1, -0.05) is 12.1 Å². The van der Waals surface area contributed by atoms with Gasteiger partial charge in [-0.05, 0) is 43.9 Å². The van der Waals surface area contributed by atoms with Crippen molar-refractivity contribution < 1.29 is 14.6 Å². The van der Waals surface area contributed by atoms with Crippen LogP contribution in [0.15, 0.2) is 36.7 Å². The number of aryl methyl sites for hydroxylation is 1. The molecular formula is C24H33N5O3. The lowest BCUT2D eigenvalue weighted by Crippen LogP contribution is -2.43. The molecule has 0 aliphatic carbocycles. The number of carbonyl (C=O) groups excluding carboxylic acids is 1. The summed E-state index contributed by atoms with van der Waals surface area (Å²) in [5, 5.41) is 14.3. The van der Waals surface area contributed by atoms with Crippen LogP contribution in [0, 0.1) is 6.92 Å². The van der Waals surface area contributed by atoms with E-state index >= 15 is 0 Å². The van der Waals surface area contributed by atoms with Crippen LogP contribution in [0.25, 0.3) is 0 Å². The number of aromatic nitrogens is 2. The predicted octanol–water partition coefficient (Wildman–Crippen LogP) is 1.91. The average Bonchev–Trinajstić information content (AvgIpc) is 3.38. The lowest BCUT2D eigenvalue weighted by molar-refractivity contribution is -0.127. The summed E-state index contributed by atoms with van der Waals surface area (Å²) in [6.07, 6.45) is 4.79. The third kappa shape index (κ3) is 5.95. The molecule has 2 saturated heterocycles. The summed E-state index contributed by atoms with van der Waals surface area (Å²) < 4.78 is 5.81. The minimum atomic E-state index is -0.765. The Kier molecular flexibility index (Phi) is 7.22. The molecule has 1 aromatic heterocycles. The molecule has 0 saturated carbocycles. The molecule has 172 valence electrons. The topological polar surface area (TPSA) is 90.8 Å². The molecule has 3 heterocycles. The van der Waals surface area contributed by atoms with Crippen LogP contribution in [0.2, 0.25) is 0 Å². The van der Waals surface area contributed by atoms with Crippen LogP contribution in [-0.4, -0.2) is 70.8 Å². The molecule has 2 aromatic rings. The van der Waals surface area contributed by atoms with E-state index in [2.05, 4.69) is 20.2 Å². The van der Waals surface area contributed by atoms with Crippen LogP contribution >= 0.6 is 0 Å². The Hall–Kier alpha value is -2.71. The third-order valence-corrected chi connectivity index (χ3v) is 6.16. The number of carbonyl (C=O) groups is 1. The van der Waals surface area contributed by atoms with Crippen molar-refractivity contribution in [1.29, 1.82) is 0 Å². The van der Waals surface area contributed by atoms with Crippen molar-refractivity contribution in [3.63, 3.8) is 0 Å². The Bertz CT molecular complexity index is 907. The van der Waals surface area contributed by atoms with Crippen molar-refractivity contribution in [3.05, 3.63) is 47.9 Å². The fraction of sp³-hybridized carbons (Fsp3) is 0.542. The fourth-order valence-corrected chi connectivity index (χ4v) is 4.34. The Morgan fingerprint density at radius 2 is 2.06 bits per heavy atom. The first-order chi connectivity index (χ1) is 15.5. The van der Waals surface area contributed by atoms with E-state index in [9.17, 15) is 9.90 Å². The number of ether oxygens (including phenoxy) is 1. The smallest absolute Gasteiger partial charge is 0.222 e. The van der Waals surface area contributed by atoms with Crippen molar-refractivity contribution in [1.82, 2.24) is 20.2 Å². The Balaban J connectivity index is 1.16. The molecule has 2 aliphatic heterocycles. The molecule has 0 bridgehead atoms. The van der Waals surface area contributed by atoms with Gasteiger partial charge < -0.3 is 25.0 Å². The number of aliphatic hydroxyl groups is 1. The van der Waals surface area contributed by atoms with Crippen molar-refractivity contribution in [3.8, 4) is 5.75 Å². The summed E-state index contributed by atoms with van der Waals surface area (Å²) in [7, 11) is 0. The second-order valence-corrected chi connectivity index (χ2v) is 8.85. The number of nitrogens with one attached hydrogen (secondary N) is 1. The number of amides is 1. The van der Waals surface area contributed by atoms with E-state index in [4.69, 9.17) is 4.74 Å². The van der Waals surface area contributed by atoms with Crippen molar-refractivity contribution in [2.24, 2.45) is 0 Å². The van der Waals surface area contributed by atoms with Gasteiger partial charge in [0.05, 0.1) is 12.2 Å². The minimum absolute atomic E-state index is 0.265. The highest BCUT2D eigenvalue weighted by molar-refractivity contribution is 5.77. The maximum Gasteiger partial charge on any atom is 0.222 e. The number of rotatable bonds is 10. The largest absolute Gasteiger partial charge is 0.494 e. The molecule has 32 heavy (non-hydrogen) atoms. The summed E-state index contributed by atoms with van der Waals surface area (Å²) in [5.74, 6) is 1.98. The summed E-state index contributed by atoms with van der Waals surface area (Å²) in [4.78, 5) is 24.1. The van der Waals surface area contributed by atoms with Gasteiger partial charge in [-0.2, -0.15) is 0 Å². The van der Waals surface area contributed by atoms with Gasteiger partial charge in [-0.15, -0.1) is 0 Å². The van der Waals surface area contributed by atoms with E-state index in [1.165, 1.54) is 0 Å². The van der Waals surface area contributed by atoms with E-state index in [1.807, 2.05) is 42.2 Å². The fourth-order valence-electron chi connectivity index (χ4n) is 4.34. The molecule has 4 rings (SSSR count). The van der Waals surface area contributed by atoms with Crippen molar-refractivity contribution in [2.75, 3.05) is 44.2 Å². The van der Waals surface area contributed by atoms with Crippen molar-refractivity contribution in [2.45, 2.75) is 44.8 Å². The molecule has 1 amide bonds. The van der Waals surface area contributed by atoms with Crippen LogP contribution < -0.4 is 15.0 Å². The molecule has 2 N–H and O–H groups in total. The number of benzene rings is 1. The van der Waals surface area contributed by atoms with Crippen LogP contribution in [0.5, 0.6) is 5.75 Å².